The molecule has 0 aliphatic heterocycles. The van der Waals surface area contributed by atoms with Gasteiger partial charge in [0.15, 0.2) is 0 Å². The van der Waals surface area contributed by atoms with Gasteiger partial charge in [0.05, 0.1) is 18.6 Å². The van der Waals surface area contributed by atoms with Gasteiger partial charge in [0.25, 0.3) is 0 Å². The zero-order valence-electron chi connectivity index (χ0n) is 12.8. The van der Waals surface area contributed by atoms with Gasteiger partial charge in [0.2, 0.25) is 5.91 Å². The van der Waals surface area contributed by atoms with Crippen LogP contribution in [0.25, 0.3) is 0 Å². The van der Waals surface area contributed by atoms with Crippen LogP contribution in [0.2, 0.25) is 0 Å². The van der Waals surface area contributed by atoms with E-state index < -0.39 is 6.10 Å². The van der Waals surface area contributed by atoms with Gasteiger partial charge in [-0.05, 0) is 42.7 Å². The molecule has 1 aromatic heterocycles. The van der Waals surface area contributed by atoms with Gasteiger partial charge in [-0.25, -0.2) is 0 Å². The van der Waals surface area contributed by atoms with Crippen LogP contribution in [-0.4, -0.2) is 22.1 Å². The van der Waals surface area contributed by atoms with Crippen LogP contribution in [0.4, 0.5) is 0 Å². The van der Waals surface area contributed by atoms with Crippen molar-refractivity contribution in [2.45, 2.75) is 38.8 Å². The number of fused-ring (bicyclic) bond motifs is 1. The number of aryl methyl sites for hydroxylation is 2. The Kier molecular flexibility index (Phi) is 3.94. The van der Waals surface area contributed by atoms with Crippen molar-refractivity contribution < 1.29 is 9.90 Å². The summed E-state index contributed by atoms with van der Waals surface area (Å²) in [6.45, 7) is 3.84. The van der Waals surface area contributed by atoms with Crippen molar-refractivity contribution in [3.05, 3.63) is 64.5 Å². The predicted octanol–water partition coefficient (Wildman–Crippen LogP) is 2.02. The molecule has 114 valence electrons. The van der Waals surface area contributed by atoms with Crippen molar-refractivity contribution in [1.82, 2.24) is 10.3 Å². The van der Waals surface area contributed by atoms with Crippen LogP contribution in [0.3, 0.4) is 0 Å². The van der Waals surface area contributed by atoms with Crippen LogP contribution >= 0.6 is 0 Å². The molecular weight excluding hydrogens is 276 g/mol. The predicted molar refractivity (Wildman–Crippen MR) is 84.5 cm³/mol. The summed E-state index contributed by atoms with van der Waals surface area (Å²) < 4.78 is 0. The topological polar surface area (TPSA) is 62.2 Å². The molecule has 1 aromatic carbocycles. The second kappa shape index (κ2) is 5.89. The van der Waals surface area contributed by atoms with Crippen LogP contribution in [0.15, 0.2) is 36.4 Å². The number of carbonyl (C=O) groups excluding carboxylic acids is 1. The normalized spacial score (nSPS) is 19.8. The summed E-state index contributed by atoms with van der Waals surface area (Å²) in [6.07, 6.45) is 0.340. The highest BCUT2D eigenvalue weighted by Crippen LogP contribution is 2.31. The molecule has 2 atom stereocenters. The summed E-state index contributed by atoms with van der Waals surface area (Å²) in [6, 6.07) is 11.4. The van der Waals surface area contributed by atoms with E-state index in [1.165, 1.54) is 0 Å². The van der Waals surface area contributed by atoms with E-state index in [4.69, 9.17) is 0 Å². The number of aliphatic hydroxyl groups is 1. The first-order chi connectivity index (χ1) is 10.5. The number of carbonyl (C=O) groups is 1. The molecule has 2 aromatic rings. The van der Waals surface area contributed by atoms with Crippen molar-refractivity contribution in [3.8, 4) is 0 Å². The molecule has 1 amide bonds. The molecule has 4 heteroatoms. The van der Waals surface area contributed by atoms with Gasteiger partial charge in [-0.2, -0.15) is 0 Å². The van der Waals surface area contributed by atoms with E-state index in [1.807, 2.05) is 50.2 Å². The lowest BCUT2D eigenvalue weighted by atomic mass is 10.1. The van der Waals surface area contributed by atoms with Gasteiger partial charge in [0.1, 0.15) is 0 Å². The van der Waals surface area contributed by atoms with Gasteiger partial charge in [-0.1, -0.05) is 24.3 Å². The Bertz CT molecular complexity index is 692. The van der Waals surface area contributed by atoms with Gasteiger partial charge in [-0.3, -0.25) is 9.78 Å². The molecule has 0 radical (unpaired) electrons. The van der Waals surface area contributed by atoms with Crippen molar-refractivity contribution in [2.24, 2.45) is 0 Å². The molecule has 2 N–H and O–H groups in total. The molecule has 1 aliphatic carbocycles. The minimum Gasteiger partial charge on any atom is -0.390 e. The number of aliphatic hydroxyl groups excluding tert-OH is 1. The van der Waals surface area contributed by atoms with E-state index in [2.05, 4.69) is 10.3 Å². The maximum absolute atomic E-state index is 12.3. The fourth-order valence-electron chi connectivity index (χ4n) is 3.18. The number of amides is 1. The Morgan fingerprint density at radius 3 is 2.68 bits per heavy atom. The molecule has 0 bridgehead atoms. The zero-order valence-corrected chi connectivity index (χ0v) is 12.8. The third kappa shape index (κ3) is 3.02. The average molecular weight is 296 g/mol. The third-order valence-electron chi connectivity index (χ3n) is 4.03. The monoisotopic (exact) mass is 296 g/mol. The van der Waals surface area contributed by atoms with Crippen molar-refractivity contribution in [3.63, 3.8) is 0 Å². The molecule has 1 heterocycles. The molecule has 0 fully saturated rings. The van der Waals surface area contributed by atoms with Crippen LogP contribution in [0, 0.1) is 13.8 Å². The molecule has 3 rings (SSSR count). The Labute approximate surface area is 130 Å². The molecule has 1 aliphatic rings. The Balaban J connectivity index is 1.72. The number of rotatable bonds is 3. The largest absolute Gasteiger partial charge is 0.390 e. The second-order valence-electron chi connectivity index (χ2n) is 5.95. The molecule has 0 saturated carbocycles. The van der Waals surface area contributed by atoms with E-state index in [-0.39, 0.29) is 11.9 Å². The van der Waals surface area contributed by atoms with E-state index >= 15 is 0 Å². The Morgan fingerprint density at radius 2 is 1.95 bits per heavy atom. The van der Waals surface area contributed by atoms with Crippen LogP contribution in [0.5, 0.6) is 0 Å². The van der Waals surface area contributed by atoms with Crippen molar-refractivity contribution >= 4 is 5.91 Å². The fourth-order valence-corrected chi connectivity index (χ4v) is 3.18. The lowest BCUT2D eigenvalue weighted by Crippen LogP contribution is -2.34. The maximum atomic E-state index is 12.3. The second-order valence-corrected chi connectivity index (χ2v) is 5.95. The number of hydrogen-bond donors (Lipinski definition) is 2. The maximum Gasteiger partial charge on any atom is 0.224 e. The highest BCUT2D eigenvalue weighted by Gasteiger charge is 2.31. The summed E-state index contributed by atoms with van der Waals surface area (Å²) in [5, 5.41) is 13.2. The van der Waals surface area contributed by atoms with E-state index in [0.717, 1.165) is 28.1 Å². The van der Waals surface area contributed by atoms with Gasteiger partial charge in [-0.15, -0.1) is 0 Å². The first-order valence-corrected chi connectivity index (χ1v) is 7.52. The highest BCUT2D eigenvalue weighted by atomic mass is 16.3. The quantitative estimate of drug-likeness (QED) is 0.911. The summed E-state index contributed by atoms with van der Waals surface area (Å²) in [5.41, 5.74) is 4.90. The summed E-state index contributed by atoms with van der Waals surface area (Å²) in [4.78, 5) is 16.6. The lowest BCUT2D eigenvalue weighted by Gasteiger charge is -2.18. The lowest BCUT2D eigenvalue weighted by molar-refractivity contribution is -0.121. The minimum absolute atomic E-state index is 0.0780. The third-order valence-corrected chi connectivity index (χ3v) is 4.03. The minimum atomic E-state index is -0.553. The van der Waals surface area contributed by atoms with Crippen LogP contribution in [0.1, 0.15) is 34.1 Å². The van der Waals surface area contributed by atoms with Crippen LogP contribution < -0.4 is 5.32 Å². The highest BCUT2D eigenvalue weighted by molar-refractivity contribution is 5.79. The standard InChI is InChI=1S/C18H20N2O2/c1-11-7-13(8-12(2)19-11)9-17(22)20-18-15-6-4-3-5-14(15)10-16(18)21/h3-8,16,18,21H,9-10H2,1-2H3,(H,20,22)/t16-,18+/m0/s1. The molecule has 4 nitrogen and oxygen atoms in total. The molecule has 0 unspecified atom stereocenters. The van der Waals surface area contributed by atoms with E-state index in [1.54, 1.807) is 0 Å². The zero-order chi connectivity index (χ0) is 15.7. The van der Waals surface area contributed by atoms with Crippen molar-refractivity contribution in [2.75, 3.05) is 0 Å². The SMILES string of the molecule is Cc1cc(CC(=O)N[C@@H]2c3ccccc3C[C@@H]2O)cc(C)n1. The molecule has 0 saturated heterocycles. The number of nitrogens with zero attached hydrogens (tertiary/aromatic N) is 1. The Morgan fingerprint density at radius 1 is 1.27 bits per heavy atom. The molecule has 22 heavy (non-hydrogen) atoms. The summed E-state index contributed by atoms with van der Waals surface area (Å²) >= 11 is 0. The summed E-state index contributed by atoms with van der Waals surface area (Å²) in [7, 11) is 0. The number of nitrogens with one attached hydrogen (secondary N) is 1. The number of hydrogen-bond acceptors (Lipinski definition) is 3. The van der Waals surface area contributed by atoms with Crippen LogP contribution in [-0.2, 0) is 17.6 Å². The van der Waals surface area contributed by atoms with Crippen molar-refractivity contribution in [1.29, 1.82) is 0 Å². The molecule has 0 spiro atoms. The number of benzene rings is 1. The van der Waals surface area contributed by atoms with Gasteiger partial charge in [0, 0.05) is 17.8 Å². The number of aromatic nitrogens is 1. The molecular formula is C18H20N2O2. The van der Waals surface area contributed by atoms with E-state index in [0.29, 0.717) is 12.8 Å². The van der Waals surface area contributed by atoms with Gasteiger partial charge < -0.3 is 10.4 Å². The first-order valence-electron chi connectivity index (χ1n) is 7.52. The average Bonchev–Trinajstić information content (AvgIpc) is 2.74. The Hall–Kier alpha value is -2.20. The van der Waals surface area contributed by atoms with E-state index in [9.17, 15) is 9.90 Å². The fraction of sp³-hybridized carbons (Fsp3) is 0.333. The first kappa shape index (κ1) is 14.7. The smallest absolute Gasteiger partial charge is 0.224 e. The summed E-state index contributed by atoms with van der Waals surface area (Å²) in [5.74, 6) is -0.0780. The van der Waals surface area contributed by atoms with Gasteiger partial charge >= 0.3 is 0 Å². The number of pyridine rings is 1.